The predicted octanol–water partition coefficient (Wildman–Crippen LogP) is 2.55. The Kier molecular flexibility index (Phi) is 2.35. The second-order valence-corrected chi connectivity index (χ2v) is 4.85. The number of nitrogens with one attached hydrogen (secondary N) is 1. The third-order valence-electron chi connectivity index (χ3n) is 3.59. The smallest absolute Gasteiger partial charge is 0.348 e. The summed E-state index contributed by atoms with van der Waals surface area (Å²) in [6.45, 7) is 0. The lowest BCUT2D eigenvalue weighted by molar-refractivity contribution is 0.477. The van der Waals surface area contributed by atoms with Crippen molar-refractivity contribution in [3.8, 4) is 16.9 Å². The van der Waals surface area contributed by atoms with E-state index in [1.165, 1.54) is 4.40 Å². The number of aromatic nitrogens is 3. The highest BCUT2D eigenvalue weighted by Crippen LogP contribution is 2.30. The number of nitrogens with zero attached hydrogens (tertiary/aromatic N) is 2. The zero-order chi connectivity index (χ0) is 14.4. The molecule has 0 aliphatic rings. The second kappa shape index (κ2) is 4.21. The Morgan fingerprint density at radius 2 is 1.90 bits per heavy atom. The van der Waals surface area contributed by atoms with E-state index in [0.29, 0.717) is 5.65 Å². The number of phenols is 1. The number of rotatable bonds is 1. The fourth-order valence-corrected chi connectivity index (χ4v) is 2.59. The van der Waals surface area contributed by atoms with Gasteiger partial charge in [0.1, 0.15) is 5.75 Å². The molecular formula is C16H11N3O2. The summed E-state index contributed by atoms with van der Waals surface area (Å²) in [5, 5.41) is 17.2. The molecule has 0 aliphatic carbocycles. The monoisotopic (exact) mass is 277 g/mol. The highest BCUT2D eigenvalue weighted by atomic mass is 16.3. The molecule has 102 valence electrons. The maximum atomic E-state index is 11.8. The van der Waals surface area contributed by atoms with E-state index in [1.807, 2.05) is 36.4 Å². The van der Waals surface area contributed by atoms with Crippen LogP contribution in [-0.2, 0) is 0 Å². The van der Waals surface area contributed by atoms with Crippen LogP contribution in [0.2, 0.25) is 0 Å². The van der Waals surface area contributed by atoms with E-state index < -0.39 is 0 Å². The number of phenolic OH excluding ortho intramolecular Hbond substituents is 1. The molecule has 0 saturated heterocycles. The lowest BCUT2D eigenvalue weighted by atomic mass is 10.0. The van der Waals surface area contributed by atoms with Gasteiger partial charge in [0.05, 0.1) is 5.52 Å². The summed E-state index contributed by atoms with van der Waals surface area (Å²) in [5.74, 6) is 0.235. The van der Waals surface area contributed by atoms with Gasteiger partial charge in [0.2, 0.25) is 0 Å². The summed E-state index contributed by atoms with van der Waals surface area (Å²) in [6, 6.07) is 16.6. The minimum atomic E-state index is -0.258. The van der Waals surface area contributed by atoms with Gasteiger partial charge in [0, 0.05) is 5.56 Å². The Morgan fingerprint density at radius 3 is 2.76 bits per heavy atom. The first-order chi connectivity index (χ1) is 10.2. The van der Waals surface area contributed by atoms with Gasteiger partial charge in [-0.15, -0.1) is 0 Å². The fraction of sp³-hybridized carbons (Fsp3) is 0. The van der Waals surface area contributed by atoms with Gasteiger partial charge in [-0.3, -0.25) is 0 Å². The Hall–Kier alpha value is -3.08. The predicted molar refractivity (Wildman–Crippen MR) is 80.4 cm³/mol. The van der Waals surface area contributed by atoms with Gasteiger partial charge in [-0.05, 0) is 41.3 Å². The van der Waals surface area contributed by atoms with E-state index in [4.69, 9.17) is 0 Å². The maximum absolute atomic E-state index is 11.8. The highest BCUT2D eigenvalue weighted by Gasteiger charge is 2.08. The van der Waals surface area contributed by atoms with Crippen LogP contribution in [0.25, 0.3) is 27.7 Å². The summed E-state index contributed by atoms with van der Waals surface area (Å²) in [6.07, 6.45) is 0. The SMILES string of the molecule is O=c1[nH]nc2ccc3cc(-c4ccccc4O)ccc3n12. The summed E-state index contributed by atoms with van der Waals surface area (Å²) in [7, 11) is 0. The average Bonchev–Trinajstić information content (AvgIpc) is 2.89. The van der Waals surface area contributed by atoms with Crippen LogP contribution < -0.4 is 5.69 Å². The lowest BCUT2D eigenvalue weighted by Crippen LogP contribution is -2.09. The number of benzene rings is 2. The first kappa shape index (κ1) is 11.7. The van der Waals surface area contributed by atoms with Crippen LogP contribution in [0.1, 0.15) is 0 Å². The second-order valence-electron chi connectivity index (χ2n) is 4.85. The molecule has 0 aliphatic heterocycles. The van der Waals surface area contributed by atoms with Crippen LogP contribution in [0.5, 0.6) is 5.75 Å². The molecule has 5 nitrogen and oxygen atoms in total. The molecule has 0 fully saturated rings. The van der Waals surface area contributed by atoms with Crippen molar-refractivity contribution >= 4 is 16.6 Å². The zero-order valence-electron chi connectivity index (χ0n) is 10.9. The number of aromatic amines is 1. The molecule has 2 aromatic heterocycles. The Balaban J connectivity index is 2.03. The molecule has 0 amide bonds. The van der Waals surface area contributed by atoms with Gasteiger partial charge >= 0.3 is 5.69 Å². The number of hydrogen-bond donors (Lipinski definition) is 2. The van der Waals surface area contributed by atoms with Crippen molar-refractivity contribution in [1.29, 1.82) is 0 Å². The van der Waals surface area contributed by atoms with Crippen molar-refractivity contribution in [1.82, 2.24) is 14.6 Å². The molecule has 4 rings (SSSR count). The van der Waals surface area contributed by atoms with Crippen LogP contribution >= 0.6 is 0 Å². The third-order valence-corrected chi connectivity index (χ3v) is 3.59. The van der Waals surface area contributed by atoms with E-state index in [2.05, 4.69) is 10.2 Å². The molecule has 2 N–H and O–H groups in total. The van der Waals surface area contributed by atoms with Crippen LogP contribution in [0.3, 0.4) is 0 Å². The van der Waals surface area contributed by atoms with Crippen molar-refractivity contribution in [2.24, 2.45) is 0 Å². The Bertz CT molecular complexity index is 1030. The van der Waals surface area contributed by atoms with Crippen molar-refractivity contribution < 1.29 is 5.11 Å². The van der Waals surface area contributed by atoms with Gasteiger partial charge in [0.25, 0.3) is 0 Å². The highest BCUT2D eigenvalue weighted by molar-refractivity contribution is 5.87. The number of para-hydroxylation sites is 1. The molecule has 21 heavy (non-hydrogen) atoms. The number of H-pyrrole nitrogens is 1. The molecule has 0 radical (unpaired) electrons. The average molecular weight is 277 g/mol. The van der Waals surface area contributed by atoms with E-state index in [9.17, 15) is 9.90 Å². The van der Waals surface area contributed by atoms with Gasteiger partial charge in [0.15, 0.2) is 5.65 Å². The van der Waals surface area contributed by atoms with Gasteiger partial charge < -0.3 is 5.11 Å². The summed E-state index contributed by atoms with van der Waals surface area (Å²) >= 11 is 0. The summed E-state index contributed by atoms with van der Waals surface area (Å²) in [5.41, 5.74) is 2.77. The van der Waals surface area contributed by atoms with Crippen molar-refractivity contribution in [2.45, 2.75) is 0 Å². The molecule has 2 aromatic carbocycles. The number of hydrogen-bond acceptors (Lipinski definition) is 3. The van der Waals surface area contributed by atoms with E-state index in [1.54, 1.807) is 18.2 Å². The van der Waals surface area contributed by atoms with Gasteiger partial charge in [-0.1, -0.05) is 24.3 Å². The quantitative estimate of drug-likeness (QED) is 0.561. The van der Waals surface area contributed by atoms with E-state index in [0.717, 1.165) is 22.0 Å². The molecular weight excluding hydrogens is 266 g/mol. The van der Waals surface area contributed by atoms with E-state index >= 15 is 0 Å². The maximum Gasteiger partial charge on any atom is 0.348 e. The first-order valence-corrected chi connectivity index (χ1v) is 6.52. The minimum absolute atomic E-state index is 0.235. The number of aromatic hydroxyl groups is 1. The van der Waals surface area contributed by atoms with Crippen molar-refractivity contribution in [3.05, 3.63) is 65.1 Å². The van der Waals surface area contributed by atoms with Crippen LogP contribution in [-0.4, -0.2) is 19.7 Å². The molecule has 0 saturated carbocycles. The Morgan fingerprint density at radius 1 is 1.05 bits per heavy atom. The van der Waals surface area contributed by atoms with Crippen molar-refractivity contribution in [2.75, 3.05) is 0 Å². The molecule has 0 spiro atoms. The van der Waals surface area contributed by atoms with Gasteiger partial charge in [-0.2, -0.15) is 5.10 Å². The summed E-state index contributed by atoms with van der Waals surface area (Å²) < 4.78 is 1.53. The normalized spacial score (nSPS) is 11.2. The summed E-state index contributed by atoms with van der Waals surface area (Å²) in [4.78, 5) is 11.8. The standard InChI is InChI=1S/C16H11N3O2/c20-14-4-2-1-3-12(14)10-5-7-13-11(9-10)6-8-15-17-18-16(21)19(13)15/h1-9,20H,(H,18,21). The minimum Gasteiger partial charge on any atom is -0.507 e. The fourth-order valence-electron chi connectivity index (χ4n) is 2.59. The lowest BCUT2D eigenvalue weighted by Gasteiger charge is -2.07. The Labute approximate surface area is 119 Å². The zero-order valence-corrected chi connectivity index (χ0v) is 10.9. The molecule has 0 bridgehead atoms. The number of pyridine rings is 1. The molecule has 5 heteroatoms. The van der Waals surface area contributed by atoms with Crippen LogP contribution in [0.15, 0.2) is 59.4 Å². The third kappa shape index (κ3) is 1.71. The van der Waals surface area contributed by atoms with Crippen molar-refractivity contribution in [3.63, 3.8) is 0 Å². The number of fused-ring (bicyclic) bond motifs is 3. The molecule has 2 heterocycles. The first-order valence-electron chi connectivity index (χ1n) is 6.52. The topological polar surface area (TPSA) is 70.4 Å². The molecule has 4 aromatic rings. The molecule has 0 unspecified atom stereocenters. The molecule has 0 atom stereocenters. The van der Waals surface area contributed by atoms with Crippen LogP contribution in [0, 0.1) is 0 Å². The van der Waals surface area contributed by atoms with Gasteiger partial charge in [-0.25, -0.2) is 14.3 Å². The largest absolute Gasteiger partial charge is 0.507 e. The van der Waals surface area contributed by atoms with Crippen LogP contribution in [0.4, 0.5) is 0 Å². The van der Waals surface area contributed by atoms with E-state index in [-0.39, 0.29) is 11.4 Å².